The molecule has 2 heterocycles. The third kappa shape index (κ3) is 3.76. The van der Waals surface area contributed by atoms with Gasteiger partial charge < -0.3 is 19.6 Å². The zero-order valence-corrected chi connectivity index (χ0v) is 20.4. The summed E-state index contributed by atoms with van der Waals surface area (Å²) in [5, 5.41) is 10.2. The van der Waals surface area contributed by atoms with E-state index in [2.05, 4.69) is 6.08 Å². The quantitative estimate of drug-likeness (QED) is 0.647. The standard InChI is InChI=1S/C28H25N3O5/c1-29(2)16-5-9-20-23(14-16)36-24-15-17(30(3)4)6-10-21(24)27(20)19-8-7-18(13-22(19)28(34)35)31-25(32)11-12-26(31)33/h5-9,11-15H,10H2,1-4H3,(H,34,35). The molecule has 0 aromatic heterocycles. The maximum atomic E-state index is 12.5. The fraction of sp³-hybridized carbons (Fsp3) is 0.179. The molecule has 1 N–H and O–H groups in total. The zero-order chi connectivity index (χ0) is 25.7. The molecule has 0 bridgehead atoms. The van der Waals surface area contributed by atoms with Gasteiger partial charge in [-0.05, 0) is 36.2 Å². The second kappa shape index (κ2) is 8.57. The van der Waals surface area contributed by atoms with E-state index in [1.54, 1.807) is 12.1 Å². The Labute approximate surface area is 208 Å². The summed E-state index contributed by atoms with van der Waals surface area (Å²) in [6.07, 6.45) is 6.92. The normalized spacial score (nSPS) is 16.3. The highest BCUT2D eigenvalue weighted by Gasteiger charge is 2.32. The summed E-state index contributed by atoms with van der Waals surface area (Å²) >= 11 is 0. The van der Waals surface area contributed by atoms with Gasteiger partial charge in [0.05, 0.1) is 11.3 Å². The van der Waals surface area contributed by atoms with E-state index in [9.17, 15) is 19.5 Å². The minimum absolute atomic E-state index is 0.00577. The van der Waals surface area contributed by atoms with Crippen molar-refractivity contribution in [3.05, 3.63) is 94.4 Å². The van der Waals surface area contributed by atoms with Gasteiger partial charge in [0.2, 0.25) is 0 Å². The minimum Gasteiger partial charge on any atom is -0.478 e. The highest BCUT2D eigenvalue weighted by molar-refractivity contribution is 6.28. The number of anilines is 2. The van der Waals surface area contributed by atoms with Crippen molar-refractivity contribution >= 4 is 34.7 Å². The Morgan fingerprint density at radius 3 is 2.28 bits per heavy atom. The molecule has 36 heavy (non-hydrogen) atoms. The van der Waals surface area contributed by atoms with Crippen LogP contribution in [0.3, 0.4) is 0 Å². The first-order valence-corrected chi connectivity index (χ1v) is 11.4. The molecule has 5 rings (SSSR count). The number of imide groups is 1. The first kappa shape index (κ1) is 23.2. The Balaban J connectivity index is 1.73. The van der Waals surface area contributed by atoms with Crippen LogP contribution in [-0.4, -0.2) is 56.0 Å². The number of aromatic carboxylic acids is 1. The van der Waals surface area contributed by atoms with E-state index in [1.165, 1.54) is 18.2 Å². The minimum atomic E-state index is -1.16. The van der Waals surface area contributed by atoms with Crippen LogP contribution < -0.4 is 14.5 Å². The predicted molar refractivity (Wildman–Crippen MR) is 137 cm³/mol. The Morgan fingerprint density at radius 2 is 1.64 bits per heavy atom. The third-order valence-corrected chi connectivity index (χ3v) is 6.45. The van der Waals surface area contributed by atoms with Gasteiger partial charge in [0, 0.05) is 80.6 Å². The van der Waals surface area contributed by atoms with Gasteiger partial charge in [-0.25, -0.2) is 9.69 Å². The predicted octanol–water partition coefficient (Wildman–Crippen LogP) is 3.81. The van der Waals surface area contributed by atoms with E-state index in [1.807, 2.05) is 62.3 Å². The van der Waals surface area contributed by atoms with Crippen LogP contribution in [0.4, 0.5) is 11.4 Å². The number of carbonyl (C=O) groups is 3. The topological polar surface area (TPSA) is 90.4 Å². The number of carboxylic acids is 1. The van der Waals surface area contributed by atoms with Crippen LogP contribution in [0, 0.1) is 0 Å². The monoisotopic (exact) mass is 483 g/mol. The molecular formula is C28H25N3O5. The van der Waals surface area contributed by atoms with E-state index in [4.69, 9.17) is 4.74 Å². The van der Waals surface area contributed by atoms with Crippen LogP contribution in [0.15, 0.2) is 77.7 Å². The molecular weight excluding hydrogens is 458 g/mol. The maximum Gasteiger partial charge on any atom is 0.336 e. The van der Waals surface area contributed by atoms with Crippen molar-refractivity contribution in [2.24, 2.45) is 0 Å². The first-order chi connectivity index (χ1) is 17.2. The van der Waals surface area contributed by atoms with Crippen LogP contribution in [0.2, 0.25) is 0 Å². The number of rotatable bonds is 5. The average Bonchev–Trinajstić information content (AvgIpc) is 3.19. The largest absolute Gasteiger partial charge is 0.478 e. The third-order valence-electron chi connectivity index (χ3n) is 6.45. The molecule has 182 valence electrons. The van der Waals surface area contributed by atoms with Gasteiger partial charge in [-0.1, -0.05) is 12.1 Å². The van der Waals surface area contributed by atoms with Crippen LogP contribution in [0.25, 0.3) is 5.57 Å². The van der Waals surface area contributed by atoms with Crippen molar-refractivity contribution in [3.8, 4) is 5.75 Å². The van der Waals surface area contributed by atoms with Gasteiger partial charge in [-0.2, -0.15) is 0 Å². The molecule has 0 saturated heterocycles. The molecule has 3 aliphatic rings. The Bertz CT molecular complexity index is 1440. The van der Waals surface area contributed by atoms with Crippen molar-refractivity contribution in [3.63, 3.8) is 0 Å². The summed E-state index contributed by atoms with van der Waals surface area (Å²) in [5.41, 5.74) is 5.04. The smallest absolute Gasteiger partial charge is 0.336 e. The van der Waals surface area contributed by atoms with E-state index in [-0.39, 0.29) is 11.3 Å². The maximum absolute atomic E-state index is 12.5. The van der Waals surface area contributed by atoms with Crippen LogP contribution in [-0.2, 0) is 9.59 Å². The molecule has 2 aromatic rings. The Hall–Kier alpha value is -4.59. The van der Waals surface area contributed by atoms with Crippen molar-refractivity contribution in [1.82, 2.24) is 4.90 Å². The molecule has 0 spiro atoms. The second-order valence-electron chi connectivity index (χ2n) is 9.15. The highest BCUT2D eigenvalue weighted by Crippen LogP contribution is 2.46. The number of hydrogen-bond acceptors (Lipinski definition) is 6. The lowest BCUT2D eigenvalue weighted by molar-refractivity contribution is -0.120. The molecule has 0 saturated carbocycles. The second-order valence-corrected chi connectivity index (χ2v) is 9.15. The number of hydrogen-bond donors (Lipinski definition) is 1. The summed E-state index contributed by atoms with van der Waals surface area (Å²) in [6.45, 7) is 0. The van der Waals surface area contributed by atoms with E-state index >= 15 is 0 Å². The number of nitrogens with zero attached hydrogens (tertiary/aromatic N) is 3. The lowest BCUT2D eigenvalue weighted by atomic mass is 9.84. The van der Waals surface area contributed by atoms with Gasteiger partial charge in [0.1, 0.15) is 11.5 Å². The van der Waals surface area contributed by atoms with Gasteiger partial charge in [0.15, 0.2) is 0 Å². The summed E-state index contributed by atoms with van der Waals surface area (Å²) in [4.78, 5) is 41.8. The number of benzene rings is 2. The molecule has 2 aliphatic heterocycles. The number of amides is 2. The lowest BCUT2D eigenvalue weighted by Gasteiger charge is -2.31. The van der Waals surface area contributed by atoms with E-state index in [0.29, 0.717) is 23.5 Å². The van der Waals surface area contributed by atoms with Crippen molar-refractivity contribution in [1.29, 1.82) is 0 Å². The van der Waals surface area contributed by atoms with Gasteiger partial charge in [-0.15, -0.1) is 0 Å². The van der Waals surface area contributed by atoms with Crippen molar-refractivity contribution < 1.29 is 24.2 Å². The number of allylic oxidation sites excluding steroid dienone is 3. The Kier molecular flexibility index (Phi) is 5.51. The summed E-state index contributed by atoms with van der Waals surface area (Å²) in [5.74, 6) is -0.874. The molecule has 1 aliphatic carbocycles. The molecule has 2 aromatic carbocycles. The van der Waals surface area contributed by atoms with Crippen LogP contribution in [0.1, 0.15) is 27.9 Å². The SMILES string of the molecule is CN(C)C1=CCC2=C(c3ccc(N4C(=O)C=CC4=O)cc3C(=O)O)c3ccc(N(C)C)cc3OC2=C1. The fourth-order valence-electron chi connectivity index (χ4n) is 4.61. The molecule has 2 amide bonds. The average molecular weight is 484 g/mol. The van der Waals surface area contributed by atoms with Gasteiger partial charge >= 0.3 is 5.97 Å². The summed E-state index contributed by atoms with van der Waals surface area (Å²) in [6, 6.07) is 10.5. The number of likely N-dealkylation sites (N-methyl/N-ethyl adjacent to an activating group) is 1. The molecule has 8 nitrogen and oxygen atoms in total. The van der Waals surface area contributed by atoms with Crippen LogP contribution in [0.5, 0.6) is 5.75 Å². The van der Waals surface area contributed by atoms with Crippen molar-refractivity contribution in [2.75, 3.05) is 38.0 Å². The number of fused-ring (bicyclic) bond motifs is 2. The van der Waals surface area contributed by atoms with Gasteiger partial charge in [-0.3, -0.25) is 9.59 Å². The molecule has 0 radical (unpaired) electrons. The fourth-order valence-corrected chi connectivity index (χ4v) is 4.61. The number of ether oxygens (including phenoxy) is 1. The summed E-state index contributed by atoms with van der Waals surface area (Å²) < 4.78 is 6.35. The molecule has 0 atom stereocenters. The summed E-state index contributed by atoms with van der Waals surface area (Å²) in [7, 11) is 7.79. The zero-order valence-electron chi connectivity index (χ0n) is 20.4. The molecule has 0 unspecified atom stereocenters. The van der Waals surface area contributed by atoms with E-state index in [0.717, 1.165) is 33.0 Å². The molecule has 8 heteroatoms. The molecule has 0 fully saturated rings. The number of carbonyl (C=O) groups excluding carboxylic acids is 2. The van der Waals surface area contributed by atoms with Gasteiger partial charge in [0.25, 0.3) is 11.8 Å². The Morgan fingerprint density at radius 1 is 0.944 bits per heavy atom. The van der Waals surface area contributed by atoms with Crippen molar-refractivity contribution in [2.45, 2.75) is 6.42 Å². The lowest BCUT2D eigenvalue weighted by Crippen LogP contribution is -2.29. The number of carboxylic acid groups (broad SMARTS) is 1. The highest BCUT2D eigenvalue weighted by atomic mass is 16.5. The first-order valence-electron chi connectivity index (χ1n) is 11.4. The van der Waals surface area contributed by atoms with Crippen LogP contribution >= 0.6 is 0 Å². The van der Waals surface area contributed by atoms with E-state index < -0.39 is 17.8 Å².